The number of benzene rings is 2. The highest BCUT2D eigenvalue weighted by molar-refractivity contribution is 5.77. The van der Waals surface area contributed by atoms with Gasteiger partial charge in [-0.05, 0) is 43.2 Å². The summed E-state index contributed by atoms with van der Waals surface area (Å²) in [6.45, 7) is 3.40. The summed E-state index contributed by atoms with van der Waals surface area (Å²) in [7, 11) is 0. The van der Waals surface area contributed by atoms with Gasteiger partial charge >= 0.3 is 12.3 Å². The number of carbonyl (C=O) groups excluding carboxylic acids is 1. The molecular weight excluding hydrogens is 359 g/mol. The number of rotatable bonds is 6. The van der Waals surface area contributed by atoms with E-state index in [4.69, 9.17) is 4.74 Å². The first-order valence-electron chi connectivity index (χ1n) is 7.46. The van der Waals surface area contributed by atoms with Crippen molar-refractivity contribution >= 4 is 6.29 Å². The minimum absolute atomic E-state index is 0.0962. The van der Waals surface area contributed by atoms with Crippen LogP contribution in [0.4, 0.5) is 22.0 Å². The van der Waals surface area contributed by atoms with E-state index in [-0.39, 0.29) is 17.7 Å². The number of hydrogen-bond acceptors (Lipinski definition) is 3. The Morgan fingerprint density at radius 1 is 1.00 bits per heavy atom. The Bertz CT molecular complexity index is 780. The fourth-order valence-electron chi connectivity index (χ4n) is 2.27. The van der Waals surface area contributed by atoms with Gasteiger partial charge < -0.3 is 9.47 Å². The maximum Gasteiger partial charge on any atom is 0.499 e. The first-order valence-corrected chi connectivity index (χ1v) is 7.46. The molecule has 0 saturated heterocycles. The lowest BCUT2D eigenvalue weighted by atomic mass is 10.1. The topological polar surface area (TPSA) is 35.5 Å². The van der Waals surface area contributed by atoms with Gasteiger partial charge in [0.2, 0.25) is 0 Å². The minimum Gasteiger partial charge on any atom is -0.488 e. The number of para-hydroxylation sites is 1. The van der Waals surface area contributed by atoms with Gasteiger partial charge in [-0.2, -0.15) is 22.0 Å². The summed E-state index contributed by atoms with van der Waals surface area (Å²) in [5, 5.41) is 0. The second-order valence-electron chi connectivity index (χ2n) is 5.60. The van der Waals surface area contributed by atoms with Gasteiger partial charge in [-0.1, -0.05) is 18.2 Å². The van der Waals surface area contributed by atoms with Crippen LogP contribution in [0.5, 0.6) is 11.5 Å². The van der Waals surface area contributed by atoms with Crippen LogP contribution in [-0.2, 0) is 6.61 Å². The fraction of sp³-hybridized carbons (Fsp3) is 0.278. The Morgan fingerprint density at radius 2 is 1.62 bits per heavy atom. The third-order valence-electron chi connectivity index (χ3n) is 3.60. The molecule has 0 amide bonds. The maximum atomic E-state index is 13.0. The Labute approximate surface area is 146 Å². The molecule has 2 aromatic carbocycles. The van der Waals surface area contributed by atoms with Gasteiger partial charge in [-0.15, -0.1) is 0 Å². The van der Waals surface area contributed by atoms with Crippen molar-refractivity contribution in [3.05, 3.63) is 58.7 Å². The van der Waals surface area contributed by atoms with E-state index in [2.05, 4.69) is 4.74 Å². The van der Waals surface area contributed by atoms with Crippen molar-refractivity contribution in [2.45, 2.75) is 32.7 Å². The van der Waals surface area contributed by atoms with Crippen LogP contribution >= 0.6 is 0 Å². The Hall–Kier alpha value is -2.64. The van der Waals surface area contributed by atoms with Gasteiger partial charge in [0.15, 0.2) is 0 Å². The number of aldehydes is 1. The second kappa shape index (κ2) is 7.31. The highest BCUT2D eigenvalue weighted by Gasteiger charge is 2.61. The molecule has 0 saturated carbocycles. The van der Waals surface area contributed by atoms with Gasteiger partial charge in [-0.3, -0.25) is 4.79 Å². The molecule has 0 aromatic heterocycles. The van der Waals surface area contributed by atoms with Crippen molar-refractivity contribution in [2.24, 2.45) is 0 Å². The number of hydrogen-bond donors (Lipinski definition) is 0. The summed E-state index contributed by atoms with van der Waals surface area (Å²) in [6, 6.07) is 8.31. The van der Waals surface area contributed by atoms with E-state index in [1.54, 1.807) is 26.0 Å². The van der Waals surface area contributed by atoms with Crippen LogP contribution in [0.15, 0.2) is 36.4 Å². The molecule has 0 spiro atoms. The molecule has 0 fully saturated rings. The van der Waals surface area contributed by atoms with Crippen molar-refractivity contribution in [3.8, 4) is 11.5 Å². The SMILES string of the molecule is Cc1cccc(C)c1OCc1cc(OC(F)(F)C(F)(F)F)ccc1C=O. The van der Waals surface area contributed by atoms with Crippen molar-refractivity contribution in [1.29, 1.82) is 0 Å². The maximum absolute atomic E-state index is 13.0. The van der Waals surface area contributed by atoms with Crippen LogP contribution in [0.1, 0.15) is 27.0 Å². The predicted molar refractivity (Wildman–Crippen MR) is 83.7 cm³/mol. The zero-order valence-corrected chi connectivity index (χ0v) is 13.9. The predicted octanol–water partition coefficient (Wildman–Crippen LogP) is 5.23. The molecule has 2 rings (SSSR count). The average molecular weight is 374 g/mol. The monoisotopic (exact) mass is 374 g/mol. The normalized spacial score (nSPS) is 12.0. The van der Waals surface area contributed by atoms with Gasteiger partial charge in [0.05, 0.1) is 0 Å². The molecule has 0 atom stereocenters. The smallest absolute Gasteiger partial charge is 0.488 e. The molecule has 26 heavy (non-hydrogen) atoms. The summed E-state index contributed by atoms with van der Waals surface area (Å²) in [5.74, 6) is -0.186. The zero-order valence-electron chi connectivity index (χ0n) is 13.9. The van der Waals surface area contributed by atoms with Gasteiger partial charge in [0, 0.05) is 11.1 Å². The molecule has 0 N–H and O–H groups in total. The van der Waals surface area contributed by atoms with E-state index in [9.17, 15) is 26.7 Å². The van der Waals surface area contributed by atoms with E-state index >= 15 is 0 Å². The molecule has 0 radical (unpaired) electrons. The van der Waals surface area contributed by atoms with E-state index in [1.165, 1.54) is 0 Å². The Kier molecular flexibility index (Phi) is 5.53. The van der Waals surface area contributed by atoms with Crippen molar-refractivity contribution in [1.82, 2.24) is 0 Å². The number of alkyl halides is 5. The third kappa shape index (κ3) is 4.30. The molecule has 140 valence electrons. The largest absolute Gasteiger partial charge is 0.499 e. The van der Waals surface area contributed by atoms with Crippen LogP contribution in [-0.4, -0.2) is 18.6 Å². The molecule has 0 unspecified atom stereocenters. The highest BCUT2D eigenvalue weighted by atomic mass is 19.4. The second-order valence-corrected chi connectivity index (χ2v) is 5.60. The minimum atomic E-state index is -5.86. The average Bonchev–Trinajstić information content (AvgIpc) is 2.53. The first-order chi connectivity index (χ1) is 12.0. The molecule has 0 heterocycles. The summed E-state index contributed by atoms with van der Waals surface area (Å²) in [6.07, 6.45) is -10.7. The lowest BCUT2D eigenvalue weighted by Crippen LogP contribution is -2.41. The standard InChI is InChI=1S/C18H15F5O3/c1-11-4-3-5-12(2)16(11)25-10-14-8-15(7-6-13(14)9-24)26-18(22,23)17(19,20)21/h3-9H,10H2,1-2H3. The molecule has 0 aliphatic carbocycles. The molecule has 3 nitrogen and oxygen atoms in total. The fourth-order valence-corrected chi connectivity index (χ4v) is 2.27. The summed E-state index contributed by atoms with van der Waals surface area (Å²) >= 11 is 0. The zero-order chi connectivity index (χ0) is 19.5. The van der Waals surface area contributed by atoms with E-state index in [0.29, 0.717) is 12.0 Å². The summed E-state index contributed by atoms with van der Waals surface area (Å²) in [4.78, 5) is 11.1. The van der Waals surface area contributed by atoms with Crippen molar-refractivity contribution in [2.75, 3.05) is 0 Å². The highest BCUT2D eigenvalue weighted by Crippen LogP contribution is 2.37. The molecule has 0 bridgehead atoms. The van der Waals surface area contributed by atoms with Gasteiger partial charge in [0.1, 0.15) is 24.4 Å². The van der Waals surface area contributed by atoms with Gasteiger partial charge in [-0.25, -0.2) is 0 Å². The number of carbonyl (C=O) groups is 1. The van der Waals surface area contributed by atoms with Crippen molar-refractivity contribution in [3.63, 3.8) is 0 Å². The summed E-state index contributed by atoms with van der Waals surface area (Å²) < 4.78 is 72.3. The Balaban J connectivity index is 2.26. The summed E-state index contributed by atoms with van der Waals surface area (Å²) in [5.41, 5.74) is 1.85. The third-order valence-corrected chi connectivity index (χ3v) is 3.60. The quantitative estimate of drug-likeness (QED) is 0.513. The van der Waals surface area contributed by atoms with Crippen LogP contribution < -0.4 is 9.47 Å². The van der Waals surface area contributed by atoms with Crippen molar-refractivity contribution < 1.29 is 36.2 Å². The number of aryl methyl sites for hydroxylation is 2. The van der Waals surface area contributed by atoms with E-state index in [0.717, 1.165) is 29.3 Å². The van der Waals surface area contributed by atoms with Crippen LogP contribution in [0.2, 0.25) is 0 Å². The number of ether oxygens (including phenoxy) is 2. The molecule has 0 aliphatic heterocycles. The first kappa shape index (κ1) is 19.7. The molecule has 2 aromatic rings. The lowest BCUT2D eigenvalue weighted by Gasteiger charge is -2.21. The lowest BCUT2D eigenvalue weighted by molar-refractivity contribution is -0.360. The molecule has 8 heteroatoms. The molecular formula is C18H15F5O3. The van der Waals surface area contributed by atoms with E-state index < -0.39 is 18.0 Å². The molecule has 0 aliphatic rings. The van der Waals surface area contributed by atoms with E-state index in [1.807, 2.05) is 6.07 Å². The van der Waals surface area contributed by atoms with Gasteiger partial charge in [0.25, 0.3) is 0 Å². The van der Waals surface area contributed by atoms with Crippen LogP contribution in [0, 0.1) is 13.8 Å². The Morgan fingerprint density at radius 3 is 2.15 bits per heavy atom. The number of halogens is 5. The van der Waals surface area contributed by atoms with Crippen LogP contribution in [0.25, 0.3) is 0 Å². The van der Waals surface area contributed by atoms with Crippen LogP contribution in [0.3, 0.4) is 0 Å².